The van der Waals surface area contributed by atoms with E-state index in [-0.39, 0.29) is 5.91 Å². The van der Waals surface area contributed by atoms with Crippen molar-refractivity contribution in [3.8, 4) is 0 Å². The predicted molar refractivity (Wildman–Crippen MR) is 145 cm³/mol. The average molecular weight is 488 g/mol. The molecule has 0 fully saturated rings. The van der Waals surface area contributed by atoms with Crippen LogP contribution in [0.25, 0.3) is 10.9 Å². The Balaban J connectivity index is 1.43. The molecule has 3 N–H and O–H groups in total. The summed E-state index contributed by atoms with van der Waals surface area (Å²) in [6, 6.07) is 28.4. The molecule has 0 aliphatic carbocycles. The van der Waals surface area contributed by atoms with Crippen molar-refractivity contribution >= 4 is 45.5 Å². The van der Waals surface area contributed by atoms with E-state index in [1.807, 2.05) is 60.7 Å². The van der Waals surface area contributed by atoms with E-state index in [9.17, 15) is 4.79 Å². The molecule has 0 atom stereocenters. The zero-order valence-electron chi connectivity index (χ0n) is 19.6. The van der Waals surface area contributed by atoms with E-state index in [2.05, 4.69) is 44.4 Å². The fourth-order valence-corrected chi connectivity index (χ4v) is 4.26. The van der Waals surface area contributed by atoms with Gasteiger partial charge in [-0.1, -0.05) is 48.0 Å². The van der Waals surface area contributed by atoms with Crippen LogP contribution in [0.4, 0.5) is 17.1 Å². The summed E-state index contributed by atoms with van der Waals surface area (Å²) < 4.78 is 0. The smallest absolute Gasteiger partial charge is 0.218 e. The summed E-state index contributed by atoms with van der Waals surface area (Å²) >= 11 is 6.12. The van der Waals surface area contributed by atoms with Crippen molar-refractivity contribution in [3.05, 3.63) is 96.1 Å². The molecular formula is C28H30ClN5O. The number of halogens is 1. The second kappa shape index (κ2) is 12.2. The van der Waals surface area contributed by atoms with Crippen molar-refractivity contribution in [2.75, 3.05) is 42.9 Å². The van der Waals surface area contributed by atoms with Crippen LogP contribution in [0.15, 0.2) is 91.1 Å². The highest BCUT2D eigenvalue weighted by Gasteiger charge is 2.13. The molecule has 0 saturated heterocycles. The van der Waals surface area contributed by atoms with E-state index in [1.54, 1.807) is 6.20 Å². The van der Waals surface area contributed by atoms with Gasteiger partial charge in [-0.05, 0) is 48.5 Å². The van der Waals surface area contributed by atoms with Crippen LogP contribution in [0.5, 0.6) is 0 Å². The third-order valence-electron chi connectivity index (χ3n) is 5.90. The number of benzene rings is 3. The number of carbonyl (C=O) groups excluding carboxylic acids is 1. The van der Waals surface area contributed by atoms with E-state index in [1.165, 1.54) is 0 Å². The largest absolute Gasteiger partial charge is 0.383 e. The fourth-order valence-electron chi connectivity index (χ4n) is 4.09. The molecule has 1 heterocycles. The van der Waals surface area contributed by atoms with Crippen molar-refractivity contribution in [2.45, 2.75) is 6.42 Å². The van der Waals surface area contributed by atoms with Gasteiger partial charge in [0.25, 0.3) is 0 Å². The molecule has 0 saturated carbocycles. The van der Waals surface area contributed by atoms with Gasteiger partial charge in [0.2, 0.25) is 5.91 Å². The van der Waals surface area contributed by atoms with Crippen LogP contribution in [0.1, 0.15) is 6.42 Å². The highest BCUT2D eigenvalue weighted by Crippen LogP contribution is 2.25. The minimum atomic E-state index is -0.289. The molecule has 1 aromatic heterocycles. The lowest BCUT2D eigenvalue weighted by atomic mass is 10.2. The van der Waals surface area contributed by atoms with Crippen molar-refractivity contribution < 1.29 is 4.79 Å². The Labute approximate surface area is 211 Å². The monoisotopic (exact) mass is 487 g/mol. The van der Waals surface area contributed by atoms with Crippen LogP contribution in [-0.2, 0) is 4.79 Å². The number of primary amides is 1. The molecule has 4 aromatic rings. The first-order valence-electron chi connectivity index (χ1n) is 11.8. The van der Waals surface area contributed by atoms with Gasteiger partial charge >= 0.3 is 0 Å². The number of fused-ring (bicyclic) bond motifs is 1. The third kappa shape index (κ3) is 6.94. The maximum atomic E-state index is 11.5. The molecule has 0 aliphatic rings. The number of hydrogen-bond donors (Lipinski definition) is 2. The van der Waals surface area contributed by atoms with E-state index < -0.39 is 0 Å². The van der Waals surface area contributed by atoms with Crippen molar-refractivity contribution in [1.29, 1.82) is 0 Å². The number of nitrogens with zero attached hydrogens (tertiary/aromatic N) is 3. The Morgan fingerprint density at radius 3 is 2.20 bits per heavy atom. The van der Waals surface area contributed by atoms with Gasteiger partial charge in [-0.2, -0.15) is 0 Å². The second-order valence-electron chi connectivity index (χ2n) is 8.33. The van der Waals surface area contributed by atoms with Gasteiger partial charge in [0, 0.05) is 72.8 Å². The van der Waals surface area contributed by atoms with Crippen LogP contribution in [0, 0.1) is 0 Å². The fraction of sp³-hybridized carbons (Fsp3) is 0.214. The number of amides is 1. The standard InChI is InChI=1S/C28H30ClN5O/c29-22-11-12-25-26(13-15-31-27(25)21-22)32-16-18-33(17-14-28(30)35)19-20-34(23-7-3-1-4-8-23)24-9-5-2-6-10-24/h1-13,15,21H,14,16-20H2,(H2,30,35)(H,31,32). The topological polar surface area (TPSA) is 74.5 Å². The predicted octanol–water partition coefficient (Wildman–Crippen LogP) is 5.32. The van der Waals surface area contributed by atoms with Gasteiger partial charge in [0.1, 0.15) is 0 Å². The summed E-state index contributed by atoms with van der Waals surface area (Å²) in [6.45, 7) is 3.66. The molecule has 6 nitrogen and oxygen atoms in total. The number of nitrogens with two attached hydrogens (primary N) is 1. The van der Waals surface area contributed by atoms with Gasteiger partial charge in [-0.15, -0.1) is 0 Å². The van der Waals surface area contributed by atoms with Crippen LogP contribution in [0.2, 0.25) is 5.02 Å². The molecule has 1 amide bonds. The summed E-state index contributed by atoms with van der Waals surface area (Å²) in [4.78, 5) is 20.5. The molecule has 35 heavy (non-hydrogen) atoms. The molecule has 180 valence electrons. The Kier molecular flexibility index (Phi) is 8.54. The first-order chi connectivity index (χ1) is 17.1. The third-order valence-corrected chi connectivity index (χ3v) is 6.13. The Morgan fingerprint density at radius 2 is 1.54 bits per heavy atom. The highest BCUT2D eigenvalue weighted by atomic mass is 35.5. The number of aromatic nitrogens is 1. The summed E-state index contributed by atoms with van der Waals surface area (Å²) in [7, 11) is 0. The minimum absolute atomic E-state index is 0.289. The van der Waals surface area contributed by atoms with Crippen LogP contribution in [0.3, 0.4) is 0 Å². The minimum Gasteiger partial charge on any atom is -0.383 e. The number of para-hydroxylation sites is 2. The maximum absolute atomic E-state index is 11.5. The molecule has 4 rings (SSSR count). The molecule has 3 aromatic carbocycles. The average Bonchev–Trinajstić information content (AvgIpc) is 2.88. The van der Waals surface area contributed by atoms with E-state index in [4.69, 9.17) is 17.3 Å². The van der Waals surface area contributed by atoms with Gasteiger partial charge in [-0.3, -0.25) is 14.7 Å². The van der Waals surface area contributed by atoms with Crippen molar-refractivity contribution in [3.63, 3.8) is 0 Å². The van der Waals surface area contributed by atoms with Gasteiger partial charge in [-0.25, -0.2) is 0 Å². The van der Waals surface area contributed by atoms with E-state index in [0.717, 1.165) is 54.1 Å². The van der Waals surface area contributed by atoms with Crippen LogP contribution >= 0.6 is 11.6 Å². The van der Waals surface area contributed by atoms with Crippen LogP contribution < -0.4 is 16.0 Å². The molecule has 0 aliphatic heterocycles. The molecule has 0 radical (unpaired) electrons. The molecule has 7 heteroatoms. The second-order valence-corrected chi connectivity index (χ2v) is 8.76. The normalized spacial score (nSPS) is 11.0. The van der Waals surface area contributed by atoms with Gasteiger partial charge in [0.05, 0.1) is 5.52 Å². The lowest BCUT2D eigenvalue weighted by Crippen LogP contribution is -2.37. The summed E-state index contributed by atoms with van der Waals surface area (Å²) in [6.07, 6.45) is 2.11. The number of pyridine rings is 1. The molecule has 0 unspecified atom stereocenters. The molecule has 0 bridgehead atoms. The number of rotatable bonds is 12. The zero-order chi connectivity index (χ0) is 24.5. The van der Waals surface area contributed by atoms with E-state index >= 15 is 0 Å². The first-order valence-corrected chi connectivity index (χ1v) is 12.1. The maximum Gasteiger partial charge on any atom is 0.218 e. The first kappa shape index (κ1) is 24.5. The lowest BCUT2D eigenvalue weighted by molar-refractivity contribution is -0.118. The Hall–Kier alpha value is -3.61. The molecular weight excluding hydrogens is 458 g/mol. The summed E-state index contributed by atoms with van der Waals surface area (Å²) in [5.41, 5.74) is 9.60. The van der Waals surface area contributed by atoms with E-state index in [0.29, 0.717) is 18.0 Å². The number of nitrogens with one attached hydrogen (secondary N) is 1. The Bertz CT molecular complexity index is 1200. The zero-order valence-corrected chi connectivity index (χ0v) is 20.4. The summed E-state index contributed by atoms with van der Waals surface area (Å²) in [5, 5.41) is 5.22. The number of carbonyl (C=O) groups is 1. The highest BCUT2D eigenvalue weighted by molar-refractivity contribution is 6.31. The van der Waals surface area contributed by atoms with Crippen LogP contribution in [-0.4, -0.2) is 48.5 Å². The van der Waals surface area contributed by atoms with Gasteiger partial charge in [0.15, 0.2) is 0 Å². The number of anilines is 3. The lowest BCUT2D eigenvalue weighted by Gasteiger charge is -2.29. The Morgan fingerprint density at radius 1 is 0.857 bits per heavy atom. The van der Waals surface area contributed by atoms with Crippen molar-refractivity contribution in [1.82, 2.24) is 9.88 Å². The quantitative estimate of drug-likeness (QED) is 0.283. The van der Waals surface area contributed by atoms with Gasteiger partial charge < -0.3 is 16.0 Å². The molecule has 0 spiro atoms. The van der Waals surface area contributed by atoms with Crippen molar-refractivity contribution in [2.24, 2.45) is 5.73 Å². The summed E-state index contributed by atoms with van der Waals surface area (Å²) in [5.74, 6) is -0.289. The SMILES string of the molecule is NC(=O)CCN(CCNc1ccnc2cc(Cl)ccc12)CCN(c1ccccc1)c1ccccc1. The number of hydrogen-bond acceptors (Lipinski definition) is 5.